The SMILES string of the molecule is CC(C)C[Si](C)(C)OC1CC[C@H](CO)C1. The number of hydrogen-bond acceptors (Lipinski definition) is 2. The quantitative estimate of drug-likeness (QED) is 0.736. The number of aliphatic hydroxyl groups is 1. The van der Waals surface area contributed by atoms with Gasteiger partial charge in [-0.25, -0.2) is 0 Å². The predicted molar refractivity (Wildman–Crippen MR) is 66.4 cm³/mol. The van der Waals surface area contributed by atoms with Crippen LogP contribution in [0.5, 0.6) is 0 Å². The Kier molecular flexibility index (Phi) is 4.81. The summed E-state index contributed by atoms with van der Waals surface area (Å²) in [5.74, 6) is 1.24. The van der Waals surface area contributed by atoms with Gasteiger partial charge in [-0.1, -0.05) is 13.8 Å². The van der Waals surface area contributed by atoms with E-state index >= 15 is 0 Å². The van der Waals surface area contributed by atoms with Crippen LogP contribution in [0, 0.1) is 11.8 Å². The third kappa shape index (κ3) is 4.66. The van der Waals surface area contributed by atoms with Crippen LogP contribution in [-0.4, -0.2) is 26.1 Å². The molecule has 1 aliphatic rings. The summed E-state index contributed by atoms with van der Waals surface area (Å²) in [7, 11) is -1.46. The van der Waals surface area contributed by atoms with E-state index in [0.29, 0.717) is 18.6 Å². The van der Waals surface area contributed by atoms with Crippen LogP contribution < -0.4 is 0 Å². The fourth-order valence-corrected chi connectivity index (χ4v) is 5.96. The third-order valence-corrected chi connectivity index (χ3v) is 5.91. The molecule has 0 heterocycles. The molecule has 90 valence electrons. The Morgan fingerprint density at radius 2 is 2.00 bits per heavy atom. The molecule has 0 saturated heterocycles. The molecule has 0 aliphatic heterocycles. The van der Waals surface area contributed by atoms with Crippen LogP contribution >= 0.6 is 0 Å². The molecule has 1 unspecified atom stereocenters. The molecule has 2 nitrogen and oxygen atoms in total. The van der Waals surface area contributed by atoms with Gasteiger partial charge in [0.25, 0.3) is 0 Å². The standard InChI is InChI=1S/C12H26O2Si/c1-10(2)9-15(3,4)14-12-6-5-11(7-12)8-13/h10-13H,5-9H2,1-4H3/t11-,12?/m0/s1. The van der Waals surface area contributed by atoms with Crippen molar-refractivity contribution in [3.05, 3.63) is 0 Å². The van der Waals surface area contributed by atoms with Crippen molar-refractivity contribution in [1.82, 2.24) is 0 Å². The van der Waals surface area contributed by atoms with Gasteiger partial charge in [0.1, 0.15) is 0 Å². The maximum absolute atomic E-state index is 9.08. The van der Waals surface area contributed by atoms with E-state index in [1.54, 1.807) is 0 Å². The molecule has 3 heteroatoms. The highest BCUT2D eigenvalue weighted by Crippen LogP contribution is 2.31. The van der Waals surface area contributed by atoms with Gasteiger partial charge >= 0.3 is 0 Å². The first-order chi connectivity index (χ1) is 6.93. The van der Waals surface area contributed by atoms with Gasteiger partial charge in [0.15, 0.2) is 8.32 Å². The lowest BCUT2D eigenvalue weighted by atomic mass is 10.1. The summed E-state index contributed by atoms with van der Waals surface area (Å²) in [6, 6.07) is 1.24. The summed E-state index contributed by atoms with van der Waals surface area (Å²) in [5.41, 5.74) is 0. The van der Waals surface area contributed by atoms with Crippen LogP contribution in [0.15, 0.2) is 0 Å². The van der Waals surface area contributed by atoms with E-state index in [1.807, 2.05) is 0 Å². The minimum absolute atomic E-state index is 0.339. The fraction of sp³-hybridized carbons (Fsp3) is 1.00. The van der Waals surface area contributed by atoms with Crippen LogP contribution in [0.2, 0.25) is 19.1 Å². The van der Waals surface area contributed by atoms with Gasteiger partial charge in [0.2, 0.25) is 0 Å². The second-order valence-corrected chi connectivity index (χ2v) is 10.1. The largest absolute Gasteiger partial charge is 0.414 e. The second kappa shape index (κ2) is 5.46. The van der Waals surface area contributed by atoms with Crippen molar-refractivity contribution in [2.24, 2.45) is 11.8 Å². The topological polar surface area (TPSA) is 29.5 Å². The summed E-state index contributed by atoms with van der Waals surface area (Å²) in [6.07, 6.45) is 3.81. The zero-order valence-electron chi connectivity index (χ0n) is 10.6. The molecular weight excluding hydrogens is 204 g/mol. The Morgan fingerprint density at radius 1 is 1.33 bits per heavy atom. The number of hydrogen-bond donors (Lipinski definition) is 1. The average molecular weight is 230 g/mol. The van der Waals surface area contributed by atoms with E-state index in [2.05, 4.69) is 26.9 Å². The van der Waals surface area contributed by atoms with Crippen molar-refractivity contribution in [2.45, 2.75) is 58.4 Å². The molecule has 1 rings (SSSR count). The average Bonchev–Trinajstić information content (AvgIpc) is 2.48. The predicted octanol–water partition coefficient (Wildman–Crippen LogP) is 3.03. The molecule has 2 atom stereocenters. The van der Waals surface area contributed by atoms with Crippen molar-refractivity contribution < 1.29 is 9.53 Å². The summed E-state index contributed by atoms with van der Waals surface area (Å²) in [6.45, 7) is 9.51. The Hall–Kier alpha value is 0.137. The van der Waals surface area contributed by atoms with Crippen LogP contribution in [0.3, 0.4) is 0 Å². The van der Waals surface area contributed by atoms with E-state index in [-0.39, 0.29) is 0 Å². The Morgan fingerprint density at radius 3 is 2.47 bits per heavy atom. The van der Waals surface area contributed by atoms with Crippen molar-refractivity contribution in [3.8, 4) is 0 Å². The summed E-state index contributed by atoms with van der Waals surface area (Å²) >= 11 is 0. The molecule has 1 aliphatic carbocycles. The first-order valence-corrected chi connectivity index (χ1v) is 9.33. The fourth-order valence-electron chi connectivity index (χ4n) is 2.78. The lowest BCUT2D eigenvalue weighted by molar-refractivity contribution is 0.174. The molecule has 0 aromatic carbocycles. The van der Waals surface area contributed by atoms with Gasteiger partial charge in [-0.15, -0.1) is 0 Å². The van der Waals surface area contributed by atoms with Crippen molar-refractivity contribution in [1.29, 1.82) is 0 Å². The van der Waals surface area contributed by atoms with Gasteiger partial charge < -0.3 is 9.53 Å². The maximum atomic E-state index is 9.08. The van der Waals surface area contributed by atoms with Gasteiger partial charge in [-0.05, 0) is 50.2 Å². The highest BCUT2D eigenvalue weighted by Gasteiger charge is 2.32. The lowest BCUT2D eigenvalue weighted by Gasteiger charge is -2.28. The molecule has 1 fully saturated rings. The third-order valence-electron chi connectivity index (χ3n) is 3.14. The highest BCUT2D eigenvalue weighted by atomic mass is 28.4. The van der Waals surface area contributed by atoms with E-state index in [0.717, 1.165) is 25.2 Å². The monoisotopic (exact) mass is 230 g/mol. The van der Waals surface area contributed by atoms with E-state index < -0.39 is 8.32 Å². The smallest absolute Gasteiger partial charge is 0.187 e. The number of aliphatic hydroxyl groups excluding tert-OH is 1. The summed E-state index contributed by atoms with van der Waals surface area (Å²) < 4.78 is 6.27. The summed E-state index contributed by atoms with van der Waals surface area (Å²) in [5, 5.41) is 9.08. The van der Waals surface area contributed by atoms with Crippen molar-refractivity contribution in [3.63, 3.8) is 0 Å². The van der Waals surface area contributed by atoms with E-state index in [4.69, 9.17) is 9.53 Å². The zero-order valence-corrected chi connectivity index (χ0v) is 11.6. The molecule has 0 bridgehead atoms. The normalized spacial score (nSPS) is 27.6. The Balaban J connectivity index is 2.34. The second-order valence-electron chi connectivity index (χ2n) is 5.96. The van der Waals surface area contributed by atoms with Crippen LogP contribution in [-0.2, 0) is 4.43 Å². The molecule has 0 radical (unpaired) electrons. The maximum Gasteiger partial charge on any atom is 0.187 e. The number of rotatable bonds is 5. The molecule has 1 N–H and O–H groups in total. The van der Waals surface area contributed by atoms with E-state index in [1.165, 1.54) is 6.04 Å². The highest BCUT2D eigenvalue weighted by molar-refractivity contribution is 6.71. The molecular formula is C12H26O2Si. The first-order valence-electron chi connectivity index (χ1n) is 6.21. The molecule has 0 amide bonds. The molecule has 15 heavy (non-hydrogen) atoms. The molecule has 0 spiro atoms. The molecule has 1 saturated carbocycles. The van der Waals surface area contributed by atoms with Crippen molar-refractivity contribution in [2.75, 3.05) is 6.61 Å². The molecule has 0 aromatic heterocycles. The summed E-state index contributed by atoms with van der Waals surface area (Å²) in [4.78, 5) is 0. The van der Waals surface area contributed by atoms with Crippen LogP contribution in [0.4, 0.5) is 0 Å². The first kappa shape index (κ1) is 13.2. The zero-order chi connectivity index (χ0) is 11.5. The minimum Gasteiger partial charge on any atom is -0.414 e. The Bertz CT molecular complexity index is 192. The van der Waals surface area contributed by atoms with Crippen LogP contribution in [0.1, 0.15) is 33.1 Å². The minimum atomic E-state index is -1.46. The van der Waals surface area contributed by atoms with E-state index in [9.17, 15) is 0 Å². The van der Waals surface area contributed by atoms with Gasteiger partial charge in [-0.3, -0.25) is 0 Å². The van der Waals surface area contributed by atoms with Crippen LogP contribution in [0.25, 0.3) is 0 Å². The Labute approximate surface area is 95.2 Å². The molecule has 0 aromatic rings. The van der Waals surface area contributed by atoms with Gasteiger partial charge in [0.05, 0.1) is 0 Å². The van der Waals surface area contributed by atoms with Gasteiger partial charge in [-0.2, -0.15) is 0 Å². The lowest BCUT2D eigenvalue weighted by Crippen LogP contribution is -2.35. The van der Waals surface area contributed by atoms with Gasteiger partial charge in [0, 0.05) is 12.7 Å². The van der Waals surface area contributed by atoms with Crippen molar-refractivity contribution >= 4 is 8.32 Å².